The van der Waals surface area contributed by atoms with Gasteiger partial charge in [0.05, 0.1) is 0 Å². The maximum atomic E-state index is 9.43. The third-order valence-corrected chi connectivity index (χ3v) is 2.34. The molecule has 1 unspecified atom stereocenters. The zero-order valence-corrected chi connectivity index (χ0v) is 7.61. The van der Waals surface area contributed by atoms with Crippen LogP contribution in [0.25, 0.3) is 0 Å². The maximum Gasteiger partial charge on any atom is 0.131 e. The molecule has 62 valence electrons. The Morgan fingerprint density at radius 2 is 2.45 bits per heavy atom. The standard InChI is InChI=1S/C8H13NOS/c1-3-9-8(10)7-4-6(2)11-5-7/h4-5,8-10H,3H2,1-2H3. The van der Waals surface area contributed by atoms with Gasteiger partial charge in [-0.2, -0.15) is 0 Å². The molecule has 3 heteroatoms. The molecule has 0 amide bonds. The lowest BCUT2D eigenvalue weighted by atomic mass is 10.3. The molecule has 0 saturated carbocycles. The fourth-order valence-electron chi connectivity index (χ4n) is 0.918. The van der Waals surface area contributed by atoms with Crippen LogP contribution in [-0.4, -0.2) is 11.7 Å². The minimum atomic E-state index is -0.495. The van der Waals surface area contributed by atoms with Crippen molar-refractivity contribution in [1.29, 1.82) is 0 Å². The van der Waals surface area contributed by atoms with E-state index in [9.17, 15) is 5.11 Å². The largest absolute Gasteiger partial charge is 0.374 e. The van der Waals surface area contributed by atoms with Crippen LogP contribution in [0.3, 0.4) is 0 Å². The SMILES string of the molecule is CCNC(O)c1csc(C)c1. The molecule has 0 fully saturated rings. The molecule has 1 heterocycles. The summed E-state index contributed by atoms with van der Waals surface area (Å²) >= 11 is 1.66. The van der Waals surface area contributed by atoms with Gasteiger partial charge in [0.25, 0.3) is 0 Å². The zero-order chi connectivity index (χ0) is 8.27. The number of thiophene rings is 1. The Hall–Kier alpha value is -0.380. The second-order valence-corrected chi connectivity index (χ2v) is 3.57. The van der Waals surface area contributed by atoms with E-state index in [1.54, 1.807) is 11.3 Å². The quantitative estimate of drug-likeness (QED) is 0.678. The lowest BCUT2D eigenvalue weighted by molar-refractivity contribution is 0.142. The first-order valence-corrected chi connectivity index (χ1v) is 4.58. The fourth-order valence-corrected chi connectivity index (χ4v) is 1.64. The van der Waals surface area contributed by atoms with Crippen molar-refractivity contribution in [3.05, 3.63) is 21.9 Å². The van der Waals surface area contributed by atoms with Crippen molar-refractivity contribution >= 4 is 11.3 Å². The number of aryl methyl sites for hydroxylation is 1. The molecule has 2 N–H and O–H groups in total. The summed E-state index contributed by atoms with van der Waals surface area (Å²) in [6.45, 7) is 4.80. The van der Waals surface area contributed by atoms with Crippen molar-refractivity contribution in [2.45, 2.75) is 20.1 Å². The number of hydrogen-bond acceptors (Lipinski definition) is 3. The van der Waals surface area contributed by atoms with Crippen LogP contribution in [-0.2, 0) is 0 Å². The first kappa shape index (κ1) is 8.71. The highest BCUT2D eigenvalue weighted by molar-refractivity contribution is 7.10. The number of aliphatic hydroxyl groups is 1. The first-order chi connectivity index (χ1) is 5.24. The van der Waals surface area contributed by atoms with E-state index in [1.165, 1.54) is 4.88 Å². The van der Waals surface area contributed by atoms with E-state index in [2.05, 4.69) is 5.32 Å². The van der Waals surface area contributed by atoms with Crippen molar-refractivity contribution in [2.75, 3.05) is 6.54 Å². The summed E-state index contributed by atoms with van der Waals surface area (Å²) in [6, 6.07) is 2.00. The van der Waals surface area contributed by atoms with Gasteiger partial charge in [-0.3, -0.25) is 5.32 Å². The van der Waals surface area contributed by atoms with Crippen molar-refractivity contribution in [1.82, 2.24) is 5.32 Å². The van der Waals surface area contributed by atoms with Crippen molar-refractivity contribution in [3.8, 4) is 0 Å². The van der Waals surface area contributed by atoms with Crippen LogP contribution in [0.15, 0.2) is 11.4 Å². The van der Waals surface area contributed by atoms with Gasteiger partial charge >= 0.3 is 0 Å². The van der Waals surface area contributed by atoms with E-state index in [0.29, 0.717) is 0 Å². The smallest absolute Gasteiger partial charge is 0.131 e. The molecule has 1 aromatic rings. The summed E-state index contributed by atoms with van der Waals surface area (Å²) < 4.78 is 0. The number of hydrogen-bond donors (Lipinski definition) is 2. The predicted molar refractivity (Wildman–Crippen MR) is 47.7 cm³/mol. The maximum absolute atomic E-state index is 9.43. The highest BCUT2D eigenvalue weighted by Crippen LogP contribution is 2.17. The second-order valence-electron chi connectivity index (χ2n) is 2.45. The van der Waals surface area contributed by atoms with Gasteiger partial charge in [-0.1, -0.05) is 6.92 Å². The van der Waals surface area contributed by atoms with Crippen LogP contribution in [0.5, 0.6) is 0 Å². The average Bonchev–Trinajstić information content (AvgIpc) is 2.36. The Balaban J connectivity index is 2.60. The van der Waals surface area contributed by atoms with Crippen LogP contribution >= 0.6 is 11.3 Å². The summed E-state index contributed by atoms with van der Waals surface area (Å²) in [6.07, 6.45) is -0.495. The number of nitrogens with one attached hydrogen (secondary N) is 1. The fraction of sp³-hybridized carbons (Fsp3) is 0.500. The molecule has 1 aromatic heterocycles. The number of rotatable bonds is 3. The highest BCUT2D eigenvalue weighted by Gasteiger charge is 2.05. The van der Waals surface area contributed by atoms with Crippen molar-refractivity contribution in [3.63, 3.8) is 0 Å². The lowest BCUT2D eigenvalue weighted by Crippen LogP contribution is -2.19. The predicted octanol–water partition coefficient (Wildman–Crippen LogP) is 1.66. The molecule has 2 nitrogen and oxygen atoms in total. The van der Waals surface area contributed by atoms with E-state index in [1.807, 2.05) is 25.3 Å². The summed E-state index contributed by atoms with van der Waals surface area (Å²) in [4.78, 5) is 1.23. The summed E-state index contributed by atoms with van der Waals surface area (Å²) in [5, 5.41) is 14.3. The van der Waals surface area contributed by atoms with E-state index in [4.69, 9.17) is 0 Å². The van der Waals surface area contributed by atoms with Crippen LogP contribution in [0.4, 0.5) is 0 Å². The van der Waals surface area contributed by atoms with Gasteiger partial charge in [-0.25, -0.2) is 0 Å². The van der Waals surface area contributed by atoms with Crippen LogP contribution in [0, 0.1) is 6.92 Å². The van der Waals surface area contributed by atoms with E-state index < -0.39 is 6.23 Å². The van der Waals surface area contributed by atoms with E-state index >= 15 is 0 Å². The Morgan fingerprint density at radius 1 is 1.73 bits per heavy atom. The van der Waals surface area contributed by atoms with E-state index in [0.717, 1.165) is 12.1 Å². The third-order valence-electron chi connectivity index (χ3n) is 1.46. The first-order valence-electron chi connectivity index (χ1n) is 3.70. The molecule has 1 atom stereocenters. The Kier molecular flexibility index (Phi) is 3.05. The second kappa shape index (κ2) is 3.85. The highest BCUT2D eigenvalue weighted by atomic mass is 32.1. The van der Waals surface area contributed by atoms with Gasteiger partial charge in [0.2, 0.25) is 0 Å². The van der Waals surface area contributed by atoms with Gasteiger partial charge < -0.3 is 5.11 Å². The van der Waals surface area contributed by atoms with Crippen LogP contribution < -0.4 is 5.32 Å². The van der Waals surface area contributed by atoms with Crippen molar-refractivity contribution < 1.29 is 5.11 Å². The molecule has 0 aliphatic heterocycles. The summed E-state index contributed by atoms with van der Waals surface area (Å²) in [7, 11) is 0. The Labute approximate surface area is 70.9 Å². The Morgan fingerprint density at radius 3 is 2.91 bits per heavy atom. The molecule has 0 aliphatic rings. The van der Waals surface area contributed by atoms with Gasteiger partial charge in [-0.05, 0) is 24.9 Å². The van der Waals surface area contributed by atoms with Gasteiger partial charge in [0, 0.05) is 10.4 Å². The molecule has 0 bridgehead atoms. The molecular weight excluding hydrogens is 158 g/mol. The molecule has 0 spiro atoms. The summed E-state index contributed by atoms with van der Waals surface area (Å²) in [5.41, 5.74) is 0.967. The monoisotopic (exact) mass is 171 g/mol. The molecular formula is C8H13NOS. The average molecular weight is 171 g/mol. The van der Waals surface area contributed by atoms with Gasteiger partial charge in [0.1, 0.15) is 6.23 Å². The zero-order valence-electron chi connectivity index (χ0n) is 6.79. The van der Waals surface area contributed by atoms with Gasteiger partial charge in [0.15, 0.2) is 0 Å². The minimum Gasteiger partial charge on any atom is -0.374 e. The third kappa shape index (κ3) is 2.29. The molecule has 0 saturated heterocycles. The van der Waals surface area contributed by atoms with Crippen LogP contribution in [0.1, 0.15) is 23.6 Å². The van der Waals surface area contributed by atoms with E-state index in [-0.39, 0.29) is 0 Å². The summed E-state index contributed by atoms with van der Waals surface area (Å²) in [5.74, 6) is 0. The van der Waals surface area contributed by atoms with Crippen LogP contribution in [0.2, 0.25) is 0 Å². The molecule has 1 rings (SSSR count). The molecule has 0 radical (unpaired) electrons. The molecule has 0 aliphatic carbocycles. The lowest BCUT2D eigenvalue weighted by Gasteiger charge is -2.07. The topological polar surface area (TPSA) is 32.3 Å². The van der Waals surface area contributed by atoms with Crippen molar-refractivity contribution in [2.24, 2.45) is 0 Å². The molecule has 11 heavy (non-hydrogen) atoms. The minimum absolute atomic E-state index is 0.495. The Bertz CT molecular complexity index is 222. The normalized spacial score (nSPS) is 13.4. The number of aliphatic hydroxyl groups excluding tert-OH is 1. The van der Waals surface area contributed by atoms with Gasteiger partial charge in [-0.15, -0.1) is 11.3 Å². The molecule has 0 aromatic carbocycles.